The van der Waals surface area contributed by atoms with Crippen LogP contribution >= 0.6 is 0 Å². The number of benzene rings is 2. The standard InChI is InChI=1S/C20H20F3N3O2/c1-12(2)18(19-24-15-8-3-4-9-16(15)25-19)26-17(27)11-28-14-7-5-6-13(10-14)20(21,22)23/h3-10,12,18H,11H2,1-2H3,(H,24,25)(H,26,27). The van der Waals surface area contributed by atoms with Crippen molar-refractivity contribution in [3.63, 3.8) is 0 Å². The molecule has 8 heteroatoms. The molecule has 1 heterocycles. The minimum absolute atomic E-state index is 0.0187. The van der Waals surface area contributed by atoms with Crippen molar-refractivity contribution < 1.29 is 22.7 Å². The number of amides is 1. The number of fused-ring (bicyclic) bond motifs is 1. The highest BCUT2D eigenvalue weighted by molar-refractivity contribution is 5.78. The van der Waals surface area contributed by atoms with Crippen LogP contribution in [0.2, 0.25) is 0 Å². The third-order valence-electron chi connectivity index (χ3n) is 4.22. The molecule has 5 nitrogen and oxygen atoms in total. The second kappa shape index (κ2) is 7.92. The molecule has 1 atom stereocenters. The third-order valence-corrected chi connectivity index (χ3v) is 4.22. The van der Waals surface area contributed by atoms with Crippen molar-refractivity contribution in [1.29, 1.82) is 0 Å². The van der Waals surface area contributed by atoms with E-state index >= 15 is 0 Å². The number of alkyl halides is 3. The number of ether oxygens (including phenoxy) is 1. The van der Waals surface area contributed by atoms with E-state index in [2.05, 4.69) is 15.3 Å². The molecule has 0 aliphatic carbocycles. The summed E-state index contributed by atoms with van der Waals surface area (Å²) in [6.07, 6.45) is -4.47. The van der Waals surface area contributed by atoms with Gasteiger partial charge in [0.15, 0.2) is 6.61 Å². The van der Waals surface area contributed by atoms with Crippen LogP contribution in [0.1, 0.15) is 31.3 Å². The van der Waals surface area contributed by atoms with E-state index in [-0.39, 0.29) is 17.7 Å². The van der Waals surface area contributed by atoms with E-state index < -0.39 is 24.3 Å². The molecule has 0 saturated heterocycles. The Morgan fingerprint density at radius 1 is 1.18 bits per heavy atom. The van der Waals surface area contributed by atoms with E-state index in [9.17, 15) is 18.0 Å². The van der Waals surface area contributed by atoms with Crippen molar-refractivity contribution in [3.8, 4) is 5.75 Å². The molecule has 2 N–H and O–H groups in total. The fourth-order valence-electron chi connectivity index (χ4n) is 2.80. The van der Waals surface area contributed by atoms with E-state index in [1.807, 2.05) is 38.1 Å². The SMILES string of the molecule is CC(C)C(NC(=O)COc1cccc(C(F)(F)F)c1)c1nc2ccccc2[nH]1. The molecule has 3 aromatic rings. The fraction of sp³-hybridized carbons (Fsp3) is 0.300. The van der Waals surface area contributed by atoms with Crippen LogP contribution in [0.5, 0.6) is 5.75 Å². The van der Waals surface area contributed by atoms with Gasteiger partial charge in [-0.05, 0) is 36.2 Å². The predicted molar refractivity (Wildman–Crippen MR) is 98.8 cm³/mol. The lowest BCUT2D eigenvalue weighted by Crippen LogP contribution is -2.35. The molecule has 0 spiro atoms. The molecule has 1 amide bonds. The number of carbonyl (C=O) groups is 1. The van der Waals surface area contributed by atoms with E-state index in [4.69, 9.17) is 4.74 Å². The minimum Gasteiger partial charge on any atom is -0.484 e. The summed E-state index contributed by atoms with van der Waals surface area (Å²) < 4.78 is 43.5. The Morgan fingerprint density at radius 3 is 2.61 bits per heavy atom. The number of nitrogens with zero attached hydrogens (tertiary/aromatic N) is 1. The Balaban J connectivity index is 1.67. The average Bonchev–Trinajstić information content (AvgIpc) is 3.07. The van der Waals surface area contributed by atoms with Gasteiger partial charge in [0, 0.05) is 0 Å². The molecule has 0 aliphatic rings. The number of aromatic amines is 1. The van der Waals surface area contributed by atoms with Crippen molar-refractivity contribution in [2.24, 2.45) is 5.92 Å². The number of imidazole rings is 1. The van der Waals surface area contributed by atoms with Gasteiger partial charge in [-0.1, -0.05) is 32.0 Å². The van der Waals surface area contributed by atoms with Crippen molar-refractivity contribution in [2.75, 3.05) is 6.61 Å². The predicted octanol–water partition coefficient (Wildman–Crippen LogP) is 4.47. The van der Waals surface area contributed by atoms with Crippen LogP contribution in [0.3, 0.4) is 0 Å². The number of nitrogens with one attached hydrogen (secondary N) is 2. The number of hydrogen-bond acceptors (Lipinski definition) is 3. The minimum atomic E-state index is -4.47. The molecule has 28 heavy (non-hydrogen) atoms. The number of halogens is 3. The van der Waals surface area contributed by atoms with Crippen molar-refractivity contribution in [1.82, 2.24) is 15.3 Å². The number of hydrogen-bond donors (Lipinski definition) is 2. The van der Waals surface area contributed by atoms with Crippen LogP contribution in [0.25, 0.3) is 11.0 Å². The van der Waals surface area contributed by atoms with Crippen molar-refractivity contribution in [2.45, 2.75) is 26.1 Å². The largest absolute Gasteiger partial charge is 0.484 e. The molecule has 148 valence electrons. The van der Waals surface area contributed by atoms with Gasteiger partial charge in [-0.2, -0.15) is 13.2 Å². The van der Waals surface area contributed by atoms with E-state index in [0.717, 1.165) is 23.2 Å². The molecule has 2 aromatic carbocycles. The van der Waals surface area contributed by atoms with Gasteiger partial charge in [0.2, 0.25) is 0 Å². The lowest BCUT2D eigenvalue weighted by atomic mass is 10.0. The molecule has 0 bridgehead atoms. The summed E-state index contributed by atoms with van der Waals surface area (Å²) in [6.45, 7) is 3.47. The van der Waals surface area contributed by atoms with Gasteiger partial charge in [-0.25, -0.2) is 4.98 Å². The first-order valence-corrected chi connectivity index (χ1v) is 8.78. The Bertz CT molecular complexity index is 933. The lowest BCUT2D eigenvalue weighted by Gasteiger charge is -2.20. The molecular weight excluding hydrogens is 371 g/mol. The van der Waals surface area contributed by atoms with Gasteiger partial charge in [0.1, 0.15) is 11.6 Å². The number of para-hydroxylation sites is 2. The molecule has 0 aliphatic heterocycles. The van der Waals surface area contributed by atoms with Gasteiger partial charge >= 0.3 is 6.18 Å². The summed E-state index contributed by atoms with van der Waals surface area (Å²) in [6, 6.07) is 11.6. The zero-order valence-corrected chi connectivity index (χ0v) is 15.4. The van der Waals surface area contributed by atoms with E-state index in [0.29, 0.717) is 5.82 Å². The molecule has 0 radical (unpaired) electrons. The zero-order chi connectivity index (χ0) is 20.3. The van der Waals surface area contributed by atoms with Crippen molar-refractivity contribution >= 4 is 16.9 Å². The van der Waals surface area contributed by atoms with Crippen LogP contribution < -0.4 is 10.1 Å². The van der Waals surface area contributed by atoms with Gasteiger partial charge < -0.3 is 15.0 Å². The molecule has 0 fully saturated rings. The second-order valence-electron chi connectivity index (χ2n) is 6.74. The zero-order valence-electron chi connectivity index (χ0n) is 15.4. The quantitative estimate of drug-likeness (QED) is 0.651. The topological polar surface area (TPSA) is 67.0 Å². The number of aromatic nitrogens is 2. The van der Waals surface area contributed by atoms with Gasteiger partial charge in [0.05, 0.1) is 22.6 Å². The maximum atomic E-state index is 12.8. The van der Waals surface area contributed by atoms with Gasteiger partial charge in [0.25, 0.3) is 5.91 Å². The highest BCUT2D eigenvalue weighted by atomic mass is 19.4. The van der Waals surface area contributed by atoms with Gasteiger partial charge in [-0.3, -0.25) is 4.79 Å². The van der Waals surface area contributed by atoms with Crippen LogP contribution in [0.4, 0.5) is 13.2 Å². The van der Waals surface area contributed by atoms with Crippen molar-refractivity contribution in [3.05, 3.63) is 59.9 Å². The highest BCUT2D eigenvalue weighted by Crippen LogP contribution is 2.31. The monoisotopic (exact) mass is 391 g/mol. The Kier molecular flexibility index (Phi) is 5.58. The summed E-state index contributed by atoms with van der Waals surface area (Å²) >= 11 is 0. The first kappa shape index (κ1) is 19.7. The fourth-order valence-corrected chi connectivity index (χ4v) is 2.80. The Hall–Kier alpha value is -3.03. The van der Waals surface area contributed by atoms with Crippen LogP contribution in [-0.4, -0.2) is 22.5 Å². The summed E-state index contributed by atoms with van der Waals surface area (Å²) in [5.41, 5.74) is 0.822. The number of H-pyrrole nitrogens is 1. The molecule has 3 rings (SSSR count). The van der Waals surface area contributed by atoms with E-state index in [1.54, 1.807) is 0 Å². The molecular formula is C20H20F3N3O2. The smallest absolute Gasteiger partial charge is 0.416 e. The van der Waals surface area contributed by atoms with Crippen LogP contribution in [0.15, 0.2) is 48.5 Å². The first-order valence-electron chi connectivity index (χ1n) is 8.78. The Labute approximate surface area is 159 Å². The normalized spacial score (nSPS) is 12.9. The molecule has 1 aromatic heterocycles. The maximum absolute atomic E-state index is 12.8. The summed E-state index contributed by atoms with van der Waals surface area (Å²) in [5, 5.41) is 2.83. The number of carbonyl (C=O) groups excluding carboxylic acids is 1. The van der Waals surface area contributed by atoms with Crippen LogP contribution in [-0.2, 0) is 11.0 Å². The average molecular weight is 391 g/mol. The summed E-state index contributed by atoms with van der Waals surface area (Å²) in [7, 11) is 0. The first-order chi connectivity index (χ1) is 13.2. The third kappa shape index (κ3) is 4.62. The highest BCUT2D eigenvalue weighted by Gasteiger charge is 2.30. The maximum Gasteiger partial charge on any atom is 0.416 e. The second-order valence-corrected chi connectivity index (χ2v) is 6.74. The molecule has 0 saturated carbocycles. The number of rotatable bonds is 6. The summed E-state index contributed by atoms with van der Waals surface area (Å²) in [5.74, 6) is 0.188. The Morgan fingerprint density at radius 2 is 1.93 bits per heavy atom. The van der Waals surface area contributed by atoms with Gasteiger partial charge in [-0.15, -0.1) is 0 Å². The van der Waals surface area contributed by atoms with Crippen LogP contribution in [0, 0.1) is 5.92 Å². The lowest BCUT2D eigenvalue weighted by molar-refractivity contribution is -0.137. The summed E-state index contributed by atoms with van der Waals surface area (Å²) in [4.78, 5) is 20.0. The van der Waals surface area contributed by atoms with E-state index in [1.165, 1.54) is 12.1 Å². The molecule has 1 unspecified atom stereocenters.